The minimum Gasteiger partial charge on any atom is -0.376 e. The van der Waals surface area contributed by atoms with Crippen LogP contribution in [0.1, 0.15) is 60.6 Å². The first-order valence-electron chi connectivity index (χ1n) is 12.6. The van der Waals surface area contributed by atoms with Gasteiger partial charge in [0.1, 0.15) is 34.6 Å². The molecular formula is C29H30F3N3O3. The largest absolute Gasteiger partial charge is 0.376 e. The quantitative estimate of drug-likeness (QED) is 0.386. The van der Waals surface area contributed by atoms with Crippen molar-refractivity contribution < 1.29 is 27.5 Å². The van der Waals surface area contributed by atoms with Crippen molar-refractivity contribution in [2.24, 2.45) is 11.7 Å². The van der Waals surface area contributed by atoms with E-state index in [2.05, 4.69) is 16.9 Å². The molecule has 0 bridgehead atoms. The summed E-state index contributed by atoms with van der Waals surface area (Å²) in [4.78, 5) is 32.6. The number of ether oxygens (including phenoxy) is 1. The van der Waals surface area contributed by atoms with Crippen LogP contribution in [0.2, 0.25) is 0 Å². The maximum Gasteiger partial charge on any atom is 0.185 e. The van der Waals surface area contributed by atoms with Crippen molar-refractivity contribution in [3.63, 3.8) is 0 Å². The Hall–Kier alpha value is -3.43. The zero-order chi connectivity index (χ0) is 27.4. The Morgan fingerprint density at radius 3 is 2.47 bits per heavy atom. The number of halogens is 3. The number of Topliss-reactive ketones (excluding diaryl/α,β-unsaturated/α-hetero) is 2. The van der Waals surface area contributed by atoms with E-state index in [4.69, 9.17) is 10.5 Å². The highest BCUT2D eigenvalue weighted by Gasteiger charge is 2.36. The molecule has 2 N–H and O–H groups in total. The summed E-state index contributed by atoms with van der Waals surface area (Å²) in [7, 11) is 0. The van der Waals surface area contributed by atoms with Gasteiger partial charge in [0, 0.05) is 31.3 Å². The highest BCUT2D eigenvalue weighted by atomic mass is 19.1. The molecule has 200 valence electrons. The Labute approximate surface area is 219 Å². The minimum absolute atomic E-state index is 0.0581. The molecule has 38 heavy (non-hydrogen) atoms. The van der Waals surface area contributed by atoms with Crippen molar-refractivity contribution in [2.45, 2.75) is 57.6 Å². The maximum atomic E-state index is 14.5. The lowest BCUT2D eigenvalue weighted by Crippen LogP contribution is -2.46. The summed E-state index contributed by atoms with van der Waals surface area (Å²) in [5.74, 6) is -3.06. The number of hydrogen-bond donors (Lipinski definition) is 1. The van der Waals surface area contributed by atoms with Crippen LogP contribution in [-0.2, 0) is 16.0 Å². The molecule has 0 spiro atoms. The van der Waals surface area contributed by atoms with Crippen LogP contribution in [0.25, 0.3) is 11.3 Å². The van der Waals surface area contributed by atoms with Crippen LogP contribution < -0.4 is 5.73 Å². The SMILES string of the molecule is CC(=O)CCO[C@H]1[C@H](N)C[C@H](c2ccncc2CC(=O)c2ccc(F)c(-c3c(F)cccc3F)n2)C[C@@H]1C. The molecule has 9 heteroatoms. The van der Waals surface area contributed by atoms with Gasteiger partial charge in [0.15, 0.2) is 5.78 Å². The third-order valence-corrected chi connectivity index (χ3v) is 7.02. The zero-order valence-electron chi connectivity index (χ0n) is 21.3. The second-order valence-corrected chi connectivity index (χ2v) is 9.89. The summed E-state index contributed by atoms with van der Waals surface area (Å²) >= 11 is 0. The molecule has 4 atom stereocenters. The molecule has 0 radical (unpaired) electrons. The van der Waals surface area contributed by atoms with Crippen LogP contribution in [0.4, 0.5) is 13.2 Å². The van der Waals surface area contributed by atoms with Gasteiger partial charge >= 0.3 is 0 Å². The summed E-state index contributed by atoms with van der Waals surface area (Å²) in [5.41, 5.74) is 6.80. The number of carbonyl (C=O) groups excluding carboxylic acids is 2. The van der Waals surface area contributed by atoms with E-state index < -0.39 is 34.5 Å². The van der Waals surface area contributed by atoms with E-state index in [1.807, 2.05) is 6.07 Å². The number of pyridine rings is 2. The lowest BCUT2D eigenvalue weighted by Gasteiger charge is -2.39. The van der Waals surface area contributed by atoms with E-state index in [9.17, 15) is 22.8 Å². The molecular weight excluding hydrogens is 495 g/mol. The molecule has 6 nitrogen and oxygen atoms in total. The molecule has 1 fully saturated rings. The van der Waals surface area contributed by atoms with Crippen molar-refractivity contribution in [1.82, 2.24) is 9.97 Å². The molecule has 1 aliphatic rings. The van der Waals surface area contributed by atoms with Gasteiger partial charge in [0.25, 0.3) is 0 Å². The van der Waals surface area contributed by atoms with E-state index in [1.165, 1.54) is 19.1 Å². The summed E-state index contributed by atoms with van der Waals surface area (Å²) in [5, 5.41) is 0. The minimum atomic E-state index is -0.970. The van der Waals surface area contributed by atoms with E-state index in [1.54, 1.807) is 12.4 Å². The van der Waals surface area contributed by atoms with Crippen LogP contribution in [0.15, 0.2) is 48.8 Å². The molecule has 2 aromatic heterocycles. The first kappa shape index (κ1) is 27.6. The summed E-state index contributed by atoms with van der Waals surface area (Å²) in [6, 6.07) is 6.99. The number of rotatable bonds is 9. The van der Waals surface area contributed by atoms with Crippen LogP contribution in [-0.4, -0.2) is 40.3 Å². The average molecular weight is 526 g/mol. The van der Waals surface area contributed by atoms with Crippen molar-refractivity contribution >= 4 is 11.6 Å². The Balaban J connectivity index is 1.53. The standard InChI is InChI=1S/C29H30F3N3O3/c1-16-12-18(13-24(33)29(16)38-11-9-17(2)36)20-8-10-34-15-19(20)14-26(37)25-7-6-23(32)28(35-25)27-21(30)4-3-5-22(27)31/h3-8,10,15-16,18,24,29H,9,11-14,33H2,1-2H3/t16-,18+,24+,29+/m0/s1. The number of benzene rings is 1. The number of ketones is 2. The molecule has 0 saturated heterocycles. The van der Waals surface area contributed by atoms with Crippen molar-refractivity contribution in [2.75, 3.05) is 6.61 Å². The van der Waals surface area contributed by atoms with Crippen LogP contribution in [0.5, 0.6) is 0 Å². The number of nitrogens with two attached hydrogens (primary N) is 1. The molecule has 3 aromatic rings. The molecule has 0 aliphatic heterocycles. The number of carbonyl (C=O) groups is 2. The number of nitrogens with zero attached hydrogens (tertiary/aromatic N) is 2. The number of hydrogen-bond acceptors (Lipinski definition) is 6. The summed E-state index contributed by atoms with van der Waals surface area (Å²) in [6.07, 6.45) is 4.78. The first-order valence-corrected chi connectivity index (χ1v) is 12.6. The van der Waals surface area contributed by atoms with Gasteiger partial charge in [0.2, 0.25) is 0 Å². The Morgan fingerprint density at radius 1 is 1.05 bits per heavy atom. The van der Waals surface area contributed by atoms with Gasteiger partial charge in [-0.1, -0.05) is 13.0 Å². The monoisotopic (exact) mass is 525 g/mol. The third-order valence-electron chi connectivity index (χ3n) is 7.02. The van der Waals surface area contributed by atoms with Crippen LogP contribution in [0.3, 0.4) is 0 Å². The smallest absolute Gasteiger partial charge is 0.185 e. The average Bonchev–Trinajstić information content (AvgIpc) is 2.86. The normalized spacial score (nSPS) is 21.3. The van der Waals surface area contributed by atoms with E-state index in [0.717, 1.165) is 30.2 Å². The van der Waals surface area contributed by atoms with Gasteiger partial charge in [-0.2, -0.15) is 0 Å². The van der Waals surface area contributed by atoms with Gasteiger partial charge in [-0.3, -0.25) is 14.6 Å². The fraction of sp³-hybridized carbons (Fsp3) is 0.379. The highest BCUT2D eigenvalue weighted by molar-refractivity contribution is 5.96. The lowest BCUT2D eigenvalue weighted by molar-refractivity contribution is -0.119. The Bertz CT molecular complexity index is 1300. The van der Waals surface area contributed by atoms with Gasteiger partial charge in [-0.25, -0.2) is 18.2 Å². The highest BCUT2D eigenvalue weighted by Crippen LogP contribution is 2.38. The van der Waals surface area contributed by atoms with Crippen molar-refractivity contribution in [3.05, 3.63) is 83.1 Å². The third kappa shape index (κ3) is 6.16. The summed E-state index contributed by atoms with van der Waals surface area (Å²) < 4.78 is 49.0. The topological polar surface area (TPSA) is 95.2 Å². The molecule has 1 aliphatic carbocycles. The fourth-order valence-corrected chi connectivity index (χ4v) is 5.19. The molecule has 4 rings (SSSR count). The van der Waals surface area contributed by atoms with E-state index in [0.29, 0.717) is 25.0 Å². The van der Waals surface area contributed by atoms with Gasteiger partial charge in [-0.05, 0) is 73.1 Å². The Kier molecular flexibility index (Phi) is 8.69. The Morgan fingerprint density at radius 2 is 1.79 bits per heavy atom. The second kappa shape index (κ2) is 12.0. The zero-order valence-corrected chi connectivity index (χ0v) is 21.3. The molecule has 2 heterocycles. The van der Waals surface area contributed by atoms with Crippen LogP contribution >= 0.6 is 0 Å². The second-order valence-electron chi connectivity index (χ2n) is 9.89. The number of aromatic nitrogens is 2. The predicted molar refractivity (Wildman–Crippen MR) is 136 cm³/mol. The lowest BCUT2D eigenvalue weighted by atomic mass is 9.73. The van der Waals surface area contributed by atoms with Crippen LogP contribution in [0, 0.1) is 23.4 Å². The maximum absolute atomic E-state index is 14.5. The van der Waals surface area contributed by atoms with E-state index >= 15 is 0 Å². The van der Waals surface area contributed by atoms with Gasteiger partial charge in [-0.15, -0.1) is 0 Å². The van der Waals surface area contributed by atoms with E-state index in [-0.39, 0.29) is 41.9 Å². The van der Waals surface area contributed by atoms with Crippen molar-refractivity contribution in [3.8, 4) is 11.3 Å². The molecule has 1 saturated carbocycles. The molecule has 1 aromatic carbocycles. The fourth-order valence-electron chi connectivity index (χ4n) is 5.19. The predicted octanol–water partition coefficient (Wildman–Crippen LogP) is 5.19. The first-order chi connectivity index (χ1) is 18.2. The van der Waals surface area contributed by atoms with Gasteiger partial charge < -0.3 is 10.5 Å². The summed E-state index contributed by atoms with van der Waals surface area (Å²) in [6.45, 7) is 3.92. The molecule has 0 amide bonds. The molecule has 0 unspecified atom stereocenters. The van der Waals surface area contributed by atoms with Crippen molar-refractivity contribution in [1.29, 1.82) is 0 Å². The van der Waals surface area contributed by atoms with Gasteiger partial charge in [0.05, 0.1) is 18.3 Å².